The molecule has 10 heteroatoms. The van der Waals surface area contributed by atoms with Crippen LogP contribution in [-0.4, -0.2) is 71.0 Å². The minimum Gasteiger partial charge on any atom is -0.491 e. The monoisotopic (exact) mass is 544 g/mol. The maximum Gasteiger partial charge on any atom is 0.219 e. The van der Waals surface area contributed by atoms with Crippen LogP contribution in [0.5, 0.6) is 5.75 Å². The second-order valence-electron chi connectivity index (χ2n) is 9.51. The Morgan fingerprint density at radius 3 is 2.54 bits per heavy atom. The van der Waals surface area contributed by atoms with Crippen LogP contribution >= 0.6 is 23.2 Å². The third kappa shape index (κ3) is 5.72. The van der Waals surface area contributed by atoms with E-state index in [0.717, 1.165) is 37.4 Å². The number of carbonyl (C=O) groups is 1. The van der Waals surface area contributed by atoms with Crippen LogP contribution in [0.3, 0.4) is 0 Å². The Morgan fingerprint density at radius 2 is 1.89 bits per heavy atom. The molecule has 8 nitrogen and oxygen atoms in total. The van der Waals surface area contributed by atoms with Gasteiger partial charge in [-0.1, -0.05) is 29.3 Å². The van der Waals surface area contributed by atoms with Crippen molar-refractivity contribution in [2.45, 2.75) is 31.1 Å². The lowest BCUT2D eigenvalue weighted by Crippen LogP contribution is -2.48. The molecule has 5 rings (SSSR count). The lowest BCUT2D eigenvalue weighted by Gasteiger charge is -2.35. The second-order valence-corrected chi connectivity index (χ2v) is 10.3. The third-order valence-electron chi connectivity index (χ3n) is 7.05. The number of rotatable bonds is 9. The van der Waals surface area contributed by atoms with Crippen LogP contribution in [-0.2, 0) is 15.1 Å². The molecule has 1 aliphatic carbocycles. The highest BCUT2D eigenvalue weighted by Gasteiger charge is 2.59. The fraction of sp³-hybridized carbons (Fsp3) is 0.407. The SMILES string of the molecule is CC(=O)N1CCN(c2ccc(OC[C@H](O)CO[C@]3(c4ccc(Cl)cc4Cl)CC3n3ccnc3)cc2)CC1. The van der Waals surface area contributed by atoms with E-state index in [1.165, 1.54) is 0 Å². The van der Waals surface area contributed by atoms with Crippen molar-refractivity contribution in [1.29, 1.82) is 0 Å². The van der Waals surface area contributed by atoms with Gasteiger partial charge in [-0.25, -0.2) is 4.98 Å². The Hall–Kier alpha value is -2.78. The summed E-state index contributed by atoms with van der Waals surface area (Å²) in [6.07, 6.45) is 5.26. The zero-order valence-electron chi connectivity index (χ0n) is 20.6. The Labute approximate surface area is 226 Å². The molecule has 0 radical (unpaired) electrons. The number of hydrogen-bond acceptors (Lipinski definition) is 6. The maximum absolute atomic E-state index is 11.5. The fourth-order valence-corrected chi connectivity index (χ4v) is 5.47. The van der Waals surface area contributed by atoms with Gasteiger partial charge in [0.15, 0.2) is 0 Å². The lowest BCUT2D eigenvalue weighted by atomic mass is 10.1. The molecule has 1 saturated heterocycles. The predicted octanol–water partition coefficient (Wildman–Crippen LogP) is 4.16. The van der Waals surface area contributed by atoms with Crippen molar-refractivity contribution in [3.05, 3.63) is 76.8 Å². The van der Waals surface area contributed by atoms with Gasteiger partial charge in [-0.2, -0.15) is 0 Å². The number of carbonyl (C=O) groups excluding carboxylic acids is 1. The van der Waals surface area contributed by atoms with Gasteiger partial charge in [0.2, 0.25) is 5.91 Å². The first-order valence-corrected chi connectivity index (χ1v) is 13.1. The Morgan fingerprint density at radius 1 is 1.14 bits per heavy atom. The van der Waals surface area contributed by atoms with Gasteiger partial charge in [-0.15, -0.1) is 0 Å². The zero-order chi connectivity index (χ0) is 26.0. The molecule has 1 amide bonds. The summed E-state index contributed by atoms with van der Waals surface area (Å²) in [4.78, 5) is 19.8. The molecule has 1 aromatic heterocycles. The molecular weight excluding hydrogens is 515 g/mol. The molecule has 196 valence electrons. The summed E-state index contributed by atoms with van der Waals surface area (Å²) in [6.45, 7) is 4.84. The van der Waals surface area contributed by atoms with E-state index in [-0.39, 0.29) is 25.2 Å². The average Bonchev–Trinajstić information content (AvgIpc) is 3.36. The summed E-state index contributed by atoms with van der Waals surface area (Å²) in [7, 11) is 0. The average molecular weight is 545 g/mol. The van der Waals surface area contributed by atoms with Crippen molar-refractivity contribution >= 4 is 34.8 Å². The number of aromatic nitrogens is 2. The minimum absolute atomic E-state index is 0.0200. The maximum atomic E-state index is 11.5. The number of ether oxygens (including phenoxy) is 2. The van der Waals surface area contributed by atoms with Crippen molar-refractivity contribution < 1.29 is 19.4 Å². The molecule has 1 N–H and O–H groups in total. The lowest BCUT2D eigenvalue weighted by molar-refractivity contribution is -0.129. The summed E-state index contributed by atoms with van der Waals surface area (Å²) in [6, 6.07) is 13.2. The summed E-state index contributed by atoms with van der Waals surface area (Å²) in [5, 5.41) is 11.7. The highest BCUT2D eigenvalue weighted by Crippen LogP contribution is 2.60. The van der Waals surface area contributed by atoms with E-state index >= 15 is 0 Å². The minimum atomic E-state index is -0.827. The first-order chi connectivity index (χ1) is 17.9. The molecule has 3 aromatic rings. The van der Waals surface area contributed by atoms with Crippen molar-refractivity contribution in [2.24, 2.45) is 0 Å². The van der Waals surface area contributed by atoms with Crippen LogP contribution in [0, 0.1) is 0 Å². The van der Waals surface area contributed by atoms with Crippen molar-refractivity contribution in [3.8, 4) is 5.75 Å². The number of imidazole rings is 1. The summed E-state index contributed by atoms with van der Waals surface area (Å²) in [5.74, 6) is 0.787. The standard InChI is InChI=1S/C27H30Cl2N4O4/c1-19(34)31-10-12-32(13-11-31)21-3-5-23(6-4-21)36-16-22(35)17-37-27(15-26(27)33-9-8-30-18-33)24-7-2-20(28)14-25(24)29/h2-9,14,18,22,26,35H,10-13,15-17H2,1H3/t22-,26?,27-/m0/s1. The molecule has 1 unspecified atom stereocenters. The van der Waals surface area contributed by atoms with E-state index in [4.69, 9.17) is 32.7 Å². The van der Waals surface area contributed by atoms with Gasteiger partial charge in [0, 0.05) is 73.2 Å². The Bertz CT molecular complexity index is 1220. The van der Waals surface area contributed by atoms with Crippen LogP contribution in [0.2, 0.25) is 10.0 Å². The van der Waals surface area contributed by atoms with Crippen LogP contribution in [0.25, 0.3) is 0 Å². The molecule has 2 heterocycles. The van der Waals surface area contributed by atoms with Crippen molar-refractivity contribution in [2.75, 3.05) is 44.3 Å². The number of halogens is 2. The summed E-state index contributed by atoms with van der Waals surface area (Å²) >= 11 is 12.6. The fourth-order valence-electron chi connectivity index (χ4n) is 4.90. The number of hydrogen-bond donors (Lipinski definition) is 1. The number of piperazine rings is 1. The smallest absolute Gasteiger partial charge is 0.219 e. The predicted molar refractivity (Wildman–Crippen MR) is 142 cm³/mol. The normalized spacial score (nSPS) is 22.1. The van der Waals surface area contributed by atoms with Crippen LogP contribution < -0.4 is 9.64 Å². The van der Waals surface area contributed by atoms with Gasteiger partial charge < -0.3 is 28.9 Å². The van der Waals surface area contributed by atoms with Gasteiger partial charge in [0.25, 0.3) is 0 Å². The second kappa shape index (κ2) is 10.9. The molecule has 0 bridgehead atoms. The molecule has 1 saturated carbocycles. The molecular formula is C27H30Cl2N4O4. The first kappa shape index (κ1) is 25.9. The number of amides is 1. The van der Waals surface area contributed by atoms with E-state index in [2.05, 4.69) is 9.88 Å². The van der Waals surface area contributed by atoms with Gasteiger partial charge in [0.1, 0.15) is 24.1 Å². The quantitative estimate of drug-likeness (QED) is 0.435. The molecule has 2 fully saturated rings. The number of benzene rings is 2. The molecule has 3 atom stereocenters. The Kier molecular flexibility index (Phi) is 7.62. The van der Waals surface area contributed by atoms with E-state index in [1.807, 2.05) is 46.0 Å². The number of aliphatic hydroxyl groups is 1. The van der Waals surface area contributed by atoms with Gasteiger partial charge in [-0.05, 0) is 36.4 Å². The highest BCUT2D eigenvalue weighted by molar-refractivity contribution is 6.35. The van der Waals surface area contributed by atoms with Gasteiger partial charge >= 0.3 is 0 Å². The zero-order valence-corrected chi connectivity index (χ0v) is 22.1. The van der Waals surface area contributed by atoms with Gasteiger partial charge in [-0.3, -0.25) is 4.79 Å². The van der Waals surface area contributed by atoms with E-state index in [9.17, 15) is 9.90 Å². The number of anilines is 1. The van der Waals surface area contributed by atoms with Crippen LogP contribution in [0.4, 0.5) is 5.69 Å². The van der Waals surface area contributed by atoms with E-state index < -0.39 is 11.7 Å². The van der Waals surface area contributed by atoms with Crippen LogP contribution in [0.1, 0.15) is 24.9 Å². The first-order valence-electron chi connectivity index (χ1n) is 12.3. The molecule has 1 aliphatic heterocycles. The Balaban J connectivity index is 1.16. The summed E-state index contributed by atoms with van der Waals surface area (Å²) in [5.41, 5.74) is 1.25. The third-order valence-corrected chi connectivity index (χ3v) is 7.60. The molecule has 37 heavy (non-hydrogen) atoms. The molecule has 2 aromatic carbocycles. The largest absolute Gasteiger partial charge is 0.491 e. The number of nitrogens with zero attached hydrogens (tertiary/aromatic N) is 4. The van der Waals surface area contributed by atoms with Crippen molar-refractivity contribution in [1.82, 2.24) is 14.5 Å². The summed E-state index contributed by atoms with van der Waals surface area (Å²) < 4.78 is 14.1. The van der Waals surface area contributed by atoms with Crippen molar-refractivity contribution in [3.63, 3.8) is 0 Å². The molecule has 0 spiro atoms. The van der Waals surface area contributed by atoms with E-state index in [0.29, 0.717) is 22.2 Å². The number of aliphatic hydroxyl groups excluding tert-OH is 1. The van der Waals surface area contributed by atoms with Crippen LogP contribution in [0.15, 0.2) is 61.2 Å². The topological polar surface area (TPSA) is 80.1 Å². The molecule has 2 aliphatic rings. The van der Waals surface area contributed by atoms with E-state index in [1.54, 1.807) is 31.6 Å². The highest BCUT2D eigenvalue weighted by atomic mass is 35.5. The van der Waals surface area contributed by atoms with Gasteiger partial charge in [0.05, 0.1) is 19.0 Å².